The van der Waals surface area contributed by atoms with E-state index in [2.05, 4.69) is 6.58 Å². The zero-order valence-electron chi connectivity index (χ0n) is 22.1. The molecule has 2 N–H and O–H groups in total. The highest BCUT2D eigenvalue weighted by Crippen LogP contribution is 2.52. The standard InChI is InChI=1S/C30H32O9/c1-11-5-19(23-13(3)29(35)38-27(23)25-15(9-31)7-17(33)21(11)25)37-20-6-12(2)22-18(34)8-16(10-32)26(22)28-24(20)14(4)30(36)39-28/h7-8,14,19-20,23-28,31-32H,3,5-6,9-10H2,1-2,4H3/t14-,19-,20-,23+,24+,25-,26-,27-,28-/m0/s1. The van der Waals surface area contributed by atoms with Crippen LogP contribution in [0, 0.1) is 29.6 Å². The summed E-state index contributed by atoms with van der Waals surface area (Å²) in [4.78, 5) is 51.5. The lowest BCUT2D eigenvalue weighted by Gasteiger charge is -2.35. The summed E-state index contributed by atoms with van der Waals surface area (Å²) in [6.07, 6.45) is 0.981. The highest BCUT2D eigenvalue weighted by molar-refractivity contribution is 6.10. The third-order valence-electron chi connectivity index (χ3n) is 9.56. The number of fused-ring (bicyclic) bond motifs is 6. The van der Waals surface area contributed by atoms with Crippen LogP contribution in [0.2, 0.25) is 0 Å². The molecule has 6 rings (SSSR count). The molecule has 6 aliphatic rings. The second kappa shape index (κ2) is 9.21. The molecule has 39 heavy (non-hydrogen) atoms. The average molecular weight is 537 g/mol. The molecule has 9 atom stereocenters. The molecule has 0 aromatic heterocycles. The first-order valence-electron chi connectivity index (χ1n) is 13.4. The number of ketones is 2. The monoisotopic (exact) mass is 536 g/mol. The first-order chi connectivity index (χ1) is 18.6. The van der Waals surface area contributed by atoms with E-state index in [-0.39, 0.29) is 36.3 Å². The Bertz CT molecular complexity index is 1340. The van der Waals surface area contributed by atoms with Gasteiger partial charge in [0.15, 0.2) is 11.6 Å². The molecule has 0 saturated carbocycles. The number of aliphatic hydroxyl groups excluding tert-OH is 2. The third-order valence-corrected chi connectivity index (χ3v) is 9.56. The van der Waals surface area contributed by atoms with Gasteiger partial charge in [0.2, 0.25) is 0 Å². The van der Waals surface area contributed by atoms with Crippen molar-refractivity contribution in [2.24, 2.45) is 29.6 Å². The SMILES string of the molecule is C=C1C(=O)O[C@@H]2[C@H]3C(CO)=CC(=O)C3=C(C)C[C@H](O[C@H]3CC(C)=C4C(=O)C=C(CO)[C@@H]4[C@H]4OC(=O)[C@@H](C)[C@@H]43)[C@@H]12. The predicted molar refractivity (Wildman–Crippen MR) is 136 cm³/mol. The molecule has 2 saturated heterocycles. The van der Waals surface area contributed by atoms with Crippen molar-refractivity contribution in [2.75, 3.05) is 13.2 Å². The van der Waals surface area contributed by atoms with Crippen molar-refractivity contribution in [3.63, 3.8) is 0 Å². The summed E-state index contributed by atoms with van der Waals surface area (Å²) in [6, 6.07) is 0. The Morgan fingerprint density at radius 2 is 1.41 bits per heavy atom. The fourth-order valence-corrected chi connectivity index (χ4v) is 7.83. The van der Waals surface area contributed by atoms with E-state index in [0.29, 0.717) is 35.1 Å². The number of carbonyl (C=O) groups is 4. The second-order valence-corrected chi connectivity index (χ2v) is 11.6. The van der Waals surface area contributed by atoms with Crippen molar-refractivity contribution in [1.82, 2.24) is 0 Å². The molecule has 0 unspecified atom stereocenters. The Hall–Kier alpha value is -3.14. The Morgan fingerprint density at radius 1 is 0.872 bits per heavy atom. The number of esters is 2. The highest BCUT2D eigenvalue weighted by atomic mass is 16.6. The zero-order valence-corrected chi connectivity index (χ0v) is 22.1. The van der Waals surface area contributed by atoms with Crippen LogP contribution in [0.1, 0.15) is 33.6 Å². The quantitative estimate of drug-likeness (QED) is 0.406. The van der Waals surface area contributed by atoms with E-state index >= 15 is 0 Å². The van der Waals surface area contributed by atoms with Crippen molar-refractivity contribution in [3.05, 3.63) is 57.7 Å². The van der Waals surface area contributed by atoms with Gasteiger partial charge in [0.25, 0.3) is 0 Å². The highest BCUT2D eigenvalue weighted by Gasteiger charge is 2.58. The van der Waals surface area contributed by atoms with Crippen LogP contribution in [0.3, 0.4) is 0 Å². The van der Waals surface area contributed by atoms with Crippen molar-refractivity contribution in [1.29, 1.82) is 0 Å². The number of ether oxygens (including phenoxy) is 3. The van der Waals surface area contributed by atoms with E-state index in [0.717, 1.165) is 11.1 Å². The molecular formula is C30H32O9. The minimum atomic E-state index is -0.753. The number of aliphatic hydroxyl groups is 2. The fourth-order valence-electron chi connectivity index (χ4n) is 7.83. The molecule has 206 valence electrons. The number of carbonyl (C=O) groups excluding carboxylic acids is 4. The van der Waals surface area contributed by atoms with Crippen LogP contribution in [-0.4, -0.2) is 71.3 Å². The largest absolute Gasteiger partial charge is 0.461 e. The van der Waals surface area contributed by atoms with Crippen molar-refractivity contribution in [2.45, 2.75) is 58.0 Å². The van der Waals surface area contributed by atoms with Gasteiger partial charge < -0.3 is 24.4 Å². The second-order valence-electron chi connectivity index (χ2n) is 11.6. The normalized spacial score (nSPS) is 39.5. The third kappa shape index (κ3) is 3.70. The molecule has 9 nitrogen and oxygen atoms in total. The molecule has 0 spiro atoms. The maximum Gasteiger partial charge on any atom is 0.334 e. The molecule has 0 aromatic rings. The molecular weight excluding hydrogens is 504 g/mol. The van der Waals surface area contributed by atoms with Crippen LogP contribution in [0.25, 0.3) is 0 Å². The van der Waals surface area contributed by atoms with E-state index in [1.165, 1.54) is 12.2 Å². The van der Waals surface area contributed by atoms with E-state index < -0.39 is 60.0 Å². The lowest BCUT2D eigenvalue weighted by Crippen LogP contribution is -2.42. The average Bonchev–Trinajstić information content (AvgIpc) is 3.54. The Morgan fingerprint density at radius 3 is 1.97 bits per heavy atom. The molecule has 0 aromatic carbocycles. The van der Waals surface area contributed by atoms with Gasteiger partial charge in [-0.15, -0.1) is 0 Å². The van der Waals surface area contributed by atoms with Crippen LogP contribution >= 0.6 is 0 Å². The molecule has 2 heterocycles. The summed E-state index contributed by atoms with van der Waals surface area (Å²) < 4.78 is 18.5. The molecule has 9 heteroatoms. The van der Waals surface area contributed by atoms with Gasteiger partial charge >= 0.3 is 11.9 Å². The fraction of sp³-hybridized carbons (Fsp3) is 0.533. The van der Waals surface area contributed by atoms with Gasteiger partial charge in [-0.05, 0) is 50.0 Å². The number of hydrogen-bond acceptors (Lipinski definition) is 9. The lowest BCUT2D eigenvalue weighted by atomic mass is 9.79. The summed E-state index contributed by atoms with van der Waals surface area (Å²) in [5.74, 6) is -3.94. The Labute approximate surface area is 225 Å². The Balaban J connectivity index is 1.41. The number of allylic oxidation sites excluding steroid dienone is 2. The van der Waals surface area contributed by atoms with Gasteiger partial charge in [-0.25, -0.2) is 4.79 Å². The van der Waals surface area contributed by atoms with Crippen molar-refractivity contribution < 1.29 is 43.6 Å². The summed E-state index contributed by atoms with van der Waals surface area (Å²) in [6.45, 7) is 8.86. The molecule has 4 aliphatic carbocycles. The van der Waals surface area contributed by atoms with Crippen molar-refractivity contribution >= 4 is 23.5 Å². The van der Waals surface area contributed by atoms with Gasteiger partial charge in [-0.1, -0.05) is 24.6 Å². The van der Waals surface area contributed by atoms with Gasteiger partial charge in [0.1, 0.15) is 12.2 Å². The molecule has 0 bridgehead atoms. The summed E-state index contributed by atoms with van der Waals surface area (Å²) in [5, 5.41) is 20.0. The Kier molecular flexibility index (Phi) is 6.17. The van der Waals surface area contributed by atoms with Gasteiger partial charge in [0, 0.05) is 34.5 Å². The summed E-state index contributed by atoms with van der Waals surface area (Å²) in [5.41, 5.74) is 3.94. The minimum absolute atomic E-state index is 0.190. The minimum Gasteiger partial charge on any atom is -0.461 e. The van der Waals surface area contributed by atoms with Gasteiger partial charge in [-0.3, -0.25) is 14.4 Å². The predicted octanol–water partition coefficient (Wildman–Crippen LogP) is 1.69. The number of hydrogen-bond donors (Lipinski definition) is 2. The molecule has 2 fully saturated rings. The topological polar surface area (TPSA) is 136 Å². The summed E-state index contributed by atoms with van der Waals surface area (Å²) >= 11 is 0. The first kappa shape index (κ1) is 26.1. The van der Waals surface area contributed by atoms with Crippen LogP contribution in [0.4, 0.5) is 0 Å². The smallest absolute Gasteiger partial charge is 0.334 e. The van der Waals surface area contributed by atoms with Gasteiger partial charge in [-0.2, -0.15) is 0 Å². The van der Waals surface area contributed by atoms with E-state index in [9.17, 15) is 29.4 Å². The zero-order chi connectivity index (χ0) is 27.9. The van der Waals surface area contributed by atoms with E-state index in [4.69, 9.17) is 14.2 Å². The maximum atomic E-state index is 13.0. The van der Waals surface area contributed by atoms with Crippen LogP contribution in [0.5, 0.6) is 0 Å². The number of rotatable bonds is 4. The van der Waals surface area contributed by atoms with Crippen LogP contribution < -0.4 is 0 Å². The van der Waals surface area contributed by atoms with Crippen molar-refractivity contribution in [3.8, 4) is 0 Å². The lowest BCUT2D eigenvalue weighted by molar-refractivity contribution is -0.145. The summed E-state index contributed by atoms with van der Waals surface area (Å²) in [7, 11) is 0. The van der Waals surface area contributed by atoms with E-state index in [1.54, 1.807) is 6.92 Å². The van der Waals surface area contributed by atoms with Crippen LogP contribution in [0.15, 0.2) is 57.7 Å². The first-order valence-corrected chi connectivity index (χ1v) is 13.4. The maximum absolute atomic E-state index is 13.0. The van der Waals surface area contributed by atoms with Gasteiger partial charge in [0.05, 0.1) is 37.3 Å². The van der Waals surface area contributed by atoms with Crippen LogP contribution in [-0.2, 0) is 33.4 Å². The molecule has 0 radical (unpaired) electrons. The molecule has 2 aliphatic heterocycles. The van der Waals surface area contributed by atoms with E-state index in [1.807, 2.05) is 13.8 Å². The molecule has 0 amide bonds.